The second kappa shape index (κ2) is 6.29. The molecule has 0 bridgehead atoms. The fourth-order valence-corrected chi connectivity index (χ4v) is 3.02. The molecule has 0 aromatic carbocycles. The number of hydrogen-bond acceptors (Lipinski definition) is 4. The highest BCUT2D eigenvalue weighted by Crippen LogP contribution is 2.18. The van der Waals surface area contributed by atoms with Crippen molar-refractivity contribution in [3.63, 3.8) is 0 Å². The molecule has 5 heteroatoms. The summed E-state index contributed by atoms with van der Waals surface area (Å²) >= 11 is 1.63. The molecule has 0 spiro atoms. The van der Waals surface area contributed by atoms with E-state index in [2.05, 4.69) is 22.6 Å². The van der Waals surface area contributed by atoms with Crippen LogP contribution < -0.4 is 5.32 Å². The fraction of sp³-hybridized carbons (Fsp3) is 0.692. The van der Waals surface area contributed by atoms with Crippen LogP contribution in [0.25, 0.3) is 0 Å². The summed E-state index contributed by atoms with van der Waals surface area (Å²) in [5, 5.41) is 5.63. The van der Waals surface area contributed by atoms with Crippen LogP contribution >= 0.6 is 11.3 Å². The second-order valence-electron chi connectivity index (χ2n) is 4.93. The lowest BCUT2D eigenvalue weighted by atomic mass is 9.93. The molecule has 2 atom stereocenters. The summed E-state index contributed by atoms with van der Waals surface area (Å²) in [4.78, 5) is 17.9. The zero-order valence-corrected chi connectivity index (χ0v) is 11.9. The Bertz CT molecular complexity index is 380. The molecule has 1 aliphatic rings. The molecule has 1 aromatic heterocycles. The van der Waals surface area contributed by atoms with E-state index in [0.717, 1.165) is 31.7 Å². The molecule has 1 aromatic rings. The number of nitrogens with zero attached hydrogens (tertiary/aromatic N) is 2. The number of likely N-dealkylation sites (tertiary alicyclic amines) is 1. The number of thiazole rings is 1. The molecule has 4 nitrogen and oxygen atoms in total. The van der Waals surface area contributed by atoms with Crippen molar-refractivity contribution in [3.05, 3.63) is 16.6 Å². The Labute approximate surface area is 112 Å². The van der Waals surface area contributed by atoms with Gasteiger partial charge in [0, 0.05) is 37.5 Å². The summed E-state index contributed by atoms with van der Waals surface area (Å²) in [6, 6.07) is 0.493. The maximum atomic E-state index is 11.7. The lowest BCUT2D eigenvalue weighted by Gasteiger charge is -2.37. The largest absolute Gasteiger partial charge is 0.342 e. The Hall–Kier alpha value is -0.940. The van der Waals surface area contributed by atoms with Crippen LogP contribution in [0.5, 0.6) is 0 Å². The van der Waals surface area contributed by atoms with E-state index in [-0.39, 0.29) is 5.91 Å². The molecule has 2 rings (SSSR count). The molecule has 0 radical (unpaired) electrons. The van der Waals surface area contributed by atoms with Crippen molar-refractivity contribution in [2.24, 2.45) is 5.92 Å². The third-order valence-corrected chi connectivity index (χ3v) is 4.22. The van der Waals surface area contributed by atoms with Gasteiger partial charge in [0.25, 0.3) is 0 Å². The van der Waals surface area contributed by atoms with Crippen LogP contribution in [0.2, 0.25) is 0 Å². The highest BCUT2D eigenvalue weighted by atomic mass is 32.1. The SMILES string of the molecule is CCC(=O)N1CC[C@H](NCc2cscn2)[C@H](C)C1. The molecule has 0 saturated carbocycles. The van der Waals surface area contributed by atoms with E-state index in [9.17, 15) is 4.79 Å². The van der Waals surface area contributed by atoms with E-state index in [1.165, 1.54) is 0 Å². The van der Waals surface area contributed by atoms with Gasteiger partial charge in [-0.3, -0.25) is 4.79 Å². The fourth-order valence-electron chi connectivity index (χ4n) is 2.46. The third-order valence-electron chi connectivity index (χ3n) is 3.59. The minimum atomic E-state index is 0.278. The second-order valence-corrected chi connectivity index (χ2v) is 5.65. The summed E-state index contributed by atoms with van der Waals surface area (Å²) in [6.07, 6.45) is 1.65. The third kappa shape index (κ3) is 3.29. The van der Waals surface area contributed by atoms with Gasteiger partial charge in [0.2, 0.25) is 5.91 Å². The Morgan fingerprint density at radius 2 is 2.50 bits per heavy atom. The van der Waals surface area contributed by atoms with E-state index in [1.54, 1.807) is 11.3 Å². The van der Waals surface area contributed by atoms with Crippen molar-refractivity contribution in [2.75, 3.05) is 13.1 Å². The monoisotopic (exact) mass is 267 g/mol. The van der Waals surface area contributed by atoms with Crippen molar-refractivity contribution < 1.29 is 4.79 Å². The van der Waals surface area contributed by atoms with Crippen LogP contribution in [-0.2, 0) is 11.3 Å². The predicted molar refractivity (Wildman–Crippen MR) is 73.4 cm³/mol. The highest BCUT2D eigenvalue weighted by Gasteiger charge is 2.27. The van der Waals surface area contributed by atoms with E-state index >= 15 is 0 Å². The highest BCUT2D eigenvalue weighted by molar-refractivity contribution is 7.07. The summed E-state index contributed by atoms with van der Waals surface area (Å²) in [6.45, 7) is 6.74. The van der Waals surface area contributed by atoms with E-state index in [1.807, 2.05) is 17.3 Å². The van der Waals surface area contributed by atoms with Crippen molar-refractivity contribution >= 4 is 17.2 Å². The zero-order chi connectivity index (χ0) is 13.0. The topological polar surface area (TPSA) is 45.2 Å². The van der Waals surface area contributed by atoms with Gasteiger partial charge in [0.1, 0.15) is 0 Å². The first-order valence-electron chi connectivity index (χ1n) is 6.59. The first-order chi connectivity index (χ1) is 8.70. The van der Waals surface area contributed by atoms with E-state index in [4.69, 9.17) is 0 Å². The van der Waals surface area contributed by atoms with Crippen LogP contribution in [0.15, 0.2) is 10.9 Å². The number of carbonyl (C=O) groups is 1. The first-order valence-corrected chi connectivity index (χ1v) is 7.53. The van der Waals surface area contributed by atoms with Crippen LogP contribution in [-0.4, -0.2) is 34.9 Å². The average Bonchev–Trinajstić information content (AvgIpc) is 2.89. The van der Waals surface area contributed by atoms with Crippen LogP contribution in [0.3, 0.4) is 0 Å². The quantitative estimate of drug-likeness (QED) is 0.906. The molecule has 1 aliphatic heterocycles. The van der Waals surface area contributed by atoms with Gasteiger partial charge >= 0.3 is 0 Å². The van der Waals surface area contributed by atoms with Crippen molar-refractivity contribution in [3.8, 4) is 0 Å². The maximum Gasteiger partial charge on any atom is 0.222 e. The molecule has 2 heterocycles. The molecule has 1 saturated heterocycles. The summed E-state index contributed by atoms with van der Waals surface area (Å²) in [7, 11) is 0. The molecular formula is C13H21N3OS. The maximum absolute atomic E-state index is 11.7. The van der Waals surface area contributed by atoms with Crippen LogP contribution in [0, 0.1) is 5.92 Å². The number of carbonyl (C=O) groups excluding carboxylic acids is 1. The number of aromatic nitrogens is 1. The lowest BCUT2D eigenvalue weighted by Crippen LogP contribution is -2.49. The van der Waals surface area contributed by atoms with Crippen LogP contribution in [0.1, 0.15) is 32.4 Å². The van der Waals surface area contributed by atoms with Crippen molar-refractivity contribution in [2.45, 2.75) is 39.3 Å². The van der Waals surface area contributed by atoms with Gasteiger partial charge in [-0.05, 0) is 12.3 Å². The van der Waals surface area contributed by atoms with Crippen molar-refractivity contribution in [1.29, 1.82) is 0 Å². The Balaban J connectivity index is 1.80. The predicted octanol–water partition coefficient (Wildman–Crippen LogP) is 1.88. The number of piperidine rings is 1. The van der Waals surface area contributed by atoms with Gasteiger partial charge in [0.05, 0.1) is 11.2 Å². The van der Waals surface area contributed by atoms with E-state index in [0.29, 0.717) is 18.4 Å². The van der Waals surface area contributed by atoms with Gasteiger partial charge < -0.3 is 10.2 Å². The number of hydrogen-bond donors (Lipinski definition) is 1. The zero-order valence-electron chi connectivity index (χ0n) is 11.1. The standard InChI is InChI=1S/C13H21N3OS/c1-3-13(17)16-5-4-12(10(2)7-16)14-6-11-8-18-9-15-11/h8-10,12,14H,3-7H2,1-2H3/t10-,12+/m1/s1. The summed E-state index contributed by atoms with van der Waals surface area (Å²) in [5.74, 6) is 0.785. The first kappa shape index (κ1) is 13.5. The van der Waals surface area contributed by atoms with Crippen molar-refractivity contribution in [1.82, 2.24) is 15.2 Å². The number of amides is 1. The van der Waals surface area contributed by atoms with E-state index < -0.39 is 0 Å². The molecule has 0 unspecified atom stereocenters. The van der Waals surface area contributed by atoms with Gasteiger partial charge in [-0.2, -0.15) is 0 Å². The molecular weight excluding hydrogens is 246 g/mol. The molecule has 1 amide bonds. The molecule has 18 heavy (non-hydrogen) atoms. The van der Waals surface area contributed by atoms with Gasteiger partial charge in [0.15, 0.2) is 0 Å². The Morgan fingerprint density at radius 3 is 3.11 bits per heavy atom. The summed E-state index contributed by atoms with van der Waals surface area (Å²) in [5.41, 5.74) is 2.97. The normalized spacial score (nSPS) is 24.2. The Morgan fingerprint density at radius 1 is 1.67 bits per heavy atom. The smallest absolute Gasteiger partial charge is 0.222 e. The molecule has 1 N–H and O–H groups in total. The number of nitrogens with one attached hydrogen (secondary N) is 1. The van der Waals surface area contributed by atoms with Gasteiger partial charge in [-0.1, -0.05) is 13.8 Å². The molecule has 0 aliphatic carbocycles. The molecule has 1 fully saturated rings. The lowest BCUT2D eigenvalue weighted by molar-refractivity contribution is -0.132. The Kier molecular flexibility index (Phi) is 4.72. The van der Waals surface area contributed by atoms with Gasteiger partial charge in [-0.15, -0.1) is 11.3 Å². The minimum absolute atomic E-state index is 0.278. The minimum Gasteiger partial charge on any atom is -0.342 e. The van der Waals surface area contributed by atoms with Gasteiger partial charge in [-0.25, -0.2) is 4.98 Å². The number of rotatable bonds is 4. The van der Waals surface area contributed by atoms with Crippen LogP contribution in [0.4, 0.5) is 0 Å². The summed E-state index contributed by atoms with van der Waals surface area (Å²) < 4.78 is 0. The molecule has 100 valence electrons. The average molecular weight is 267 g/mol.